The highest BCUT2D eigenvalue weighted by atomic mass is 35.5. The van der Waals surface area contributed by atoms with Gasteiger partial charge in [-0.2, -0.15) is 0 Å². The molecule has 0 unspecified atom stereocenters. The first-order chi connectivity index (χ1) is 8.36. The van der Waals surface area contributed by atoms with Gasteiger partial charge in [-0.25, -0.2) is 0 Å². The number of para-hydroxylation sites is 1. The molecule has 3 aromatic rings. The zero-order valence-corrected chi connectivity index (χ0v) is 10.5. The van der Waals surface area contributed by atoms with E-state index in [0.29, 0.717) is 5.88 Å². The van der Waals surface area contributed by atoms with E-state index >= 15 is 0 Å². The van der Waals surface area contributed by atoms with Crippen LogP contribution in [0.3, 0.4) is 0 Å². The van der Waals surface area contributed by atoms with Crippen LogP contribution in [0.25, 0.3) is 21.7 Å². The summed E-state index contributed by atoms with van der Waals surface area (Å²) >= 11 is 7.20. The molecule has 86 valence electrons. The highest BCUT2D eigenvalue weighted by Gasteiger charge is 2.11. The summed E-state index contributed by atoms with van der Waals surface area (Å²) in [4.78, 5) is 0. The number of halogens is 1. The molecule has 0 atom stereocenters. The monoisotopic (exact) mass is 264 g/mol. The van der Waals surface area contributed by atoms with Gasteiger partial charge in [-0.15, -0.1) is 21.8 Å². The highest BCUT2D eigenvalue weighted by Crippen LogP contribution is 2.29. The standard InChI is InChI=1S/C12H9ClN2OS/c13-6-5-11-14-15-12(17-11)10-7-8-3-1-2-4-9(8)16-10/h1-4,7H,5-6H2. The molecule has 0 saturated carbocycles. The maximum Gasteiger partial charge on any atom is 0.183 e. The molecule has 17 heavy (non-hydrogen) atoms. The minimum atomic E-state index is 0.564. The van der Waals surface area contributed by atoms with E-state index in [0.717, 1.165) is 33.2 Å². The third-order valence-corrected chi connectivity index (χ3v) is 3.60. The van der Waals surface area contributed by atoms with Crippen molar-refractivity contribution < 1.29 is 4.42 Å². The smallest absolute Gasteiger partial charge is 0.183 e. The Morgan fingerprint density at radius 2 is 2.12 bits per heavy atom. The summed E-state index contributed by atoms with van der Waals surface area (Å²) in [5.41, 5.74) is 0.872. The Balaban J connectivity index is 2.01. The van der Waals surface area contributed by atoms with E-state index in [9.17, 15) is 0 Å². The Morgan fingerprint density at radius 3 is 2.94 bits per heavy atom. The molecular weight excluding hydrogens is 256 g/mol. The number of furan rings is 1. The van der Waals surface area contributed by atoms with Crippen LogP contribution in [0.2, 0.25) is 0 Å². The van der Waals surface area contributed by atoms with Crippen molar-refractivity contribution in [3.8, 4) is 10.8 Å². The summed E-state index contributed by atoms with van der Waals surface area (Å²) in [5, 5.41) is 11.0. The zero-order chi connectivity index (χ0) is 11.7. The molecule has 0 amide bonds. The molecule has 0 radical (unpaired) electrons. The first-order valence-corrected chi connectivity index (χ1v) is 6.59. The van der Waals surface area contributed by atoms with Gasteiger partial charge in [0, 0.05) is 17.7 Å². The van der Waals surface area contributed by atoms with Gasteiger partial charge < -0.3 is 4.42 Å². The van der Waals surface area contributed by atoms with Gasteiger partial charge in [-0.3, -0.25) is 0 Å². The number of rotatable bonds is 3. The number of benzene rings is 1. The molecule has 0 fully saturated rings. The summed E-state index contributed by atoms with van der Waals surface area (Å²) in [6.07, 6.45) is 0.749. The molecule has 0 aliphatic rings. The zero-order valence-electron chi connectivity index (χ0n) is 8.89. The second kappa shape index (κ2) is 4.47. The molecular formula is C12H9ClN2OS. The lowest BCUT2D eigenvalue weighted by molar-refractivity contribution is 0.630. The van der Waals surface area contributed by atoms with Crippen molar-refractivity contribution in [3.63, 3.8) is 0 Å². The summed E-state index contributed by atoms with van der Waals surface area (Å²) in [5.74, 6) is 1.33. The van der Waals surface area contributed by atoms with Gasteiger partial charge in [0.1, 0.15) is 10.6 Å². The number of alkyl halides is 1. The average Bonchev–Trinajstić information content (AvgIpc) is 2.94. The Labute approximate surface area is 107 Å². The Kier molecular flexibility index (Phi) is 2.82. The van der Waals surface area contributed by atoms with Gasteiger partial charge in [0.2, 0.25) is 0 Å². The van der Waals surface area contributed by atoms with E-state index in [4.69, 9.17) is 16.0 Å². The van der Waals surface area contributed by atoms with Crippen LogP contribution < -0.4 is 0 Å². The molecule has 0 aliphatic heterocycles. The van der Waals surface area contributed by atoms with Crippen LogP contribution in [0.15, 0.2) is 34.7 Å². The predicted octanol–water partition coefficient (Wildman–Crippen LogP) is 3.73. The molecule has 0 saturated heterocycles. The van der Waals surface area contributed by atoms with Crippen LogP contribution in [0.5, 0.6) is 0 Å². The van der Waals surface area contributed by atoms with Crippen molar-refractivity contribution in [1.82, 2.24) is 10.2 Å². The van der Waals surface area contributed by atoms with Gasteiger partial charge in [0.05, 0.1) is 0 Å². The highest BCUT2D eigenvalue weighted by molar-refractivity contribution is 7.14. The molecule has 0 aliphatic carbocycles. The molecule has 2 aromatic heterocycles. The number of hydrogen-bond acceptors (Lipinski definition) is 4. The molecule has 5 heteroatoms. The topological polar surface area (TPSA) is 38.9 Å². The number of nitrogens with zero attached hydrogens (tertiary/aromatic N) is 2. The van der Waals surface area contributed by atoms with Crippen LogP contribution in [-0.2, 0) is 6.42 Å². The van der Waals surface area contributed by atoms with Gasteiger partial charge in [0.15, 0.2) is 10.8 Å². The fourth-order valence-electron chi connectivity index (χ4n) is 1.62. The van der Waals surface area contributed by atoms with Crippen molar-refractivity contribution in [2.45, 2.75) is 6.42 Å². The van der Waals surface area contributed by atoms with Crippen LogP contribution in [0.1, 0.15) is 5.01 Å². The second-order valence-corrected chi connectivity index (χ2v) is 5.03. The predicted molar refractivity (Wildman–Crippen MR) is 69.5 cm³/mol. The normalized spacial score (nSPS) is 11.1. The Hall–Kier alpha value is -1.39. The van der Waals surface area contributed by atoms with Gasteiger partial charge in [0.25, 0.3) is 0 Å². The van der Waals surface area contributed by atoms with Gasteiger partial charge >= 0.3 is 0 Å². The minimum Gasteiger partial charge on any atom is -0.453 e. The fourth-order valence-corrected chi connectivity index (χ4v) is 2.71. The lowest BCUT2D eigenvalue weighted by atomic mass is 10.2. The van der Waals surface area contributed by atoms with E-state index in [1.54, 1.807) is 0 Å². The van der Waals surface area contributed by atoms with Crippen molar-refractivity contribution in [3.05, 3.63) is 35.3 Å². The maximum absolute atomic E-state index is 5.72. The number of aryl methyl sites for hydroxylation is 1. The summed E-state index contributed by atoms with van der Waals surface area (Å²) < 4.78 is 5.72. The Bertz CT molecular complexity index is 614. The SMILES string of the molecule is ClCCc1nnc(-c2cc3ccccc3o2)s1. The van der Waals surface area contributed by atoms with E-state index in [2.05, 4.69) is 10.2 Å². The molecule has 0 N–H and O–H groups in total. The van der Waals surface area contributed by atoms with E-state index in [1.165, 1.54) is 11.3 Å². The van der Waals surface area contributed by atoms with Crippen LogP contribution >= 0.6 is 22.9 Å². The molecule has 1 aromatic carbocycles. The largest absolute Gasteiger partial charge is 0.453 e. The first kappa shape index (κ1) is 10.7. The summed E-state index contributed by atoms with van der Waals surface area (Å²) in [6, 6.07) is 9.89. The average molecular weight is 265 g/mol. The lowest BCUT2D eigenvalue weighted by Gasteiger charge is -1.85. The van der Waals surface area contributed by atoms with Crippen molar-refractivity contribution in [2.75, 3.05) is 5.88 Å². The molecule has 0 spiro atoms. The van der Waals surface area contributed by atoms with Crippen molar-refractivity contribution in [1.29, 1.82) is 0 Å². The van der Waals surface area contributed by atoms with E-state index in [-0.39, 0.29) is 0 Å². The van der Waals surface area contributed by atoms with Gasteiger partial charge in [-0.05, 0) is 12.1 Å². The first-order valence-electron chi connectivity index (χ1n) is 5.24. The van der Waals surface area contributed by atoms with Crippen LogP contribution in [0.4, 0.5) is 0 Å². The second-order valence-electron chi connectivity index (χ2n) is 3.59. The third-order valence-electron chi connectivity index (χ3n) is 2.41. The molecule has 3 nitrogen and oxygen atoms in total. The Morgan fingerprint density at radius 1 is 1.24 bits per heavy atom. The molecule has 0 bridgehead atoms. The third kappa shape index (κ3) is 2.06. The molecule has 3 rings (SSSR count). The van der Waals surface area contributed by atoms with E-state index in [1.807, 2.05) is 30.3 Å². The van der Waals surface area contributed by atoms with Crippen LogP contribution in [-0.4, -0.2) is 16.1 Å². The van der Waals surface area contributed by atoms with Crippen molar-refractivity contribution in [2.24, 2.45) is 0 Å². The minimum absolute atomic E-state index is 0.564. The van der Waals surface area contributed by atoms with E-state index < -0.39 is 0 Å². The number of aromatic nitrogens is 2. The maximum atomic E-state index is 5.72. The lowest BCUT2D eigenvalue weighted by Crippen LogP contribution is -1.82. The number of fused-ring (bicyclic) bond motifs is 1. The van der Waals surface area contributed by atoms with Crippen molar-refractivity contribution >= 4 is 33.9 Å². The molecule has 2 heterocycles. The summed E-state index contributed by atoms with van der Waals surface area (Å²) in [6.45, 7) is 0. The van der Waals surface area contributed by atoms with Crippen LogP contribution in [0, 0.1) is 0 Å². The number of hydrogen-bond donors (Lipinski definition) is 0. The summed E-state index contributed by atoms with van der Waals surface area (Å²) in [7, 11) is 0. The fraction of sp³-hybridized carbons (Fsp3) is 0.167. The van der Waals surface area contributed by atoms with Gasteiger partial charge in [-0.1, -0.05) is 29.5 Å². The quantitative estimate of drug-likeness (QED) is 0.677.